The third-order valence-electron chi connectivity index (χ3n) is 2.07. The van der Waals surface area contributed by atoms with Crippen LogP contribution in [-0.2, 0) is 13.6 Å². The molecule has 62 valence electrons. The Hall–Kier alpha value is -0.830. The predicted molar refractivity (Wildman–Crippen MR) is 44.2 cm³/mol. The number of aromatic nitrogens is 2. The Balaban J connectivity index is 3.02. The minimum atomic E-state index is 1.03. The van der Waals surface area contributed by atoms with Crippen molar-refractivity contribution in [1.82, 2.24) is 9.78 Å². The maximum Gasteiger partial charge on any atom is 0.105 e. The molecule has 2 N–H and O–H groups in total. The average Bonchev–Trinajstić information content (AvgIpc) is 2.17. The van der Waals surface area contributed by atoms with Gasteiger partial charge in [-0.25, -0.2) is 0 Å². The summed E-state index contributed by atoms with van der Waals surface area (Å²) in [6.45, 7) is 5.20. The van der Waals surface area contributed by atoms with E-state index in [9.17, 15) is 0 Å². The number of quaternary nitrogens is 1. The number of nitrogens with two attached hydrogens (primary N) is 1. The van der Waals surface area contributed by atoms with Gasteiger partial charge in [0.25, 0.3) is 0 Å². The van der Waals surface area contributed by atoms with Gasteiger partial charge in [0.05, 0.1) is 12.7 Å². The lowest BCUT2D eigenvalue weighted by Crippen LogP contribution is -2.77. The van der Waals surface area contributed by atoms with Gasteiger partial charge in [-0.2, -0.15) is 5.10 Å². The summed E-state index contributed by atoms with van der Waals surface area (Å²) >= 11 is 0. The van der Waals surface area contributed by atoms with Crippen LogP contribution in [0.5, 0.6) is 0 Å². The molecule has 0 bridgehead atoms. The van der Waals surface area contributed by atoms with Crippen molar-refractivity contribution in [2.24, 2.45) is 7.05 Å². The molecule has 0 atom stereocenters. The lowest BCUT2D eigenvalue weighted by molar-refractivity contribution is -0.643. The van der Waals surface area contributed by atoms with E-state index in [1.165, 1.54) is 11.3 Å². The van der Waals surface area contributed by atoms with Crippen molar-refractivity contribution in [2.45, 2.75) is 20.4 Å². The SMILES string of the molecule is C[NH2+]Cc1c(C)nn(C)c1C. The molecule has 1 rings (SSSR count). The first-order chi connectivity index (χ1) is 5.16. The van der Waals surface area contributed by atoms with Crippen LogP contribution >= 0.6 is 0 Å². The van der Waals surface area contributed by atoms with Crippen LogP contribution in [0.1, 0.15) is 17.0 Å². The second-order valence-corrected chi connectivity index (χ2v) is 2.89. The molecule has 0 aliphatic heterocycles. The smallest absolute Gasteiger partial charge is 0.105 e. The van der Waals surface area contributed by atoms with Gasteiger partial charge in [0.1, 0.15) is 6.54 Å². The summed E-state index contributed by atoms with van der Waals surface area (Å²) in [6, 6.07) is 0. The van der Waals surface area contributed by atoms with Gasteiger partial charge in [0, 0.05) is 18.3 Å². The van der Waals surface area contributed by atoms with Crippen LogP contribution in [0.25, 0.3) is 0 Å². The zero-order chi connectivity index (χ0) is 8.43. The molecule has 0 aliphatic carbocycles. The monoisotopic (exact) mass is 154 g/mol. The summed E-state index contributed by atoms with van der Waals surface area (Å²) in [5, 5.41) is 6.49. The standard InChI is InChI=1S/C8H15N3/c1-6-8(5-9-3)7(2)11(4)10-6/h9H,5H2,1-4H3/p+1. The predicted octanol–water partition coefficient (Wildman–Crippen LogP) is -0.270. The van der Waals surface area contributed by atoms with Crippen molar-refractivity contribution in [1.29, 1.82) is 0 Å². The fourth-order valence-corrected chi connectivity index (χ4v) is 1.32. The number of rotatable bonds is 2. The maximum atomic E-state index is 4.33. The molecule has 0 saturated carbocycles. The average molecular weight is 154 g/mol. The highest BCUT2D eigenvalue weighted by Crippen LogP contribution is 2.09. The molecule has 1 aromatic heterocycles. The highest BCUT2D eigenvalue weighted by atomic mass is 15.3. The van der Waals surface area contributed by atoms with Crippen molar-refractivity contribution >= 4 is 0 Å². The van der Waals surface area contributed by atoms with Gasteiger partial charge in [-0.3, -0.25) is 4.68 Å². The minimum absolute atomic E-state index is 1.03. The van der Waals surface area contributed by atoms with E-state index in [2.05, 4.69) is 31.3 Å². The second-order valence-electron chi connectivity index (χ2n) is 2.89. The van der Waals surface area contributed by atoms with E-state index in [1.54, 1.807) is 0 Å². The highest BCUT2D eigenvalue weighted by molar-refractivity contribution is 5.22. The molecule has 1 aromatic rings. The van der Waals surface area contributed by atoms with Crippen molar-refractivity contribution in [2.75, 3.05) is 7.05 Å². The largest absolute Gasteiger partial charge is 0.345 e. The molecule has 0 aromatic carbocycles. The lowest BCUT2D eigenvalue weighted by Gasteiger charge is -1.96. The van der Waals surface area contributed by atoms with Gasteiger partial charge in [-0.15, -0.1) is 0 Å². The van der Waals surface area contributed by atoms with Gasteiger partial charge in [-0.1, -0.05) is 0 Å². The number of hydrogen-bond acceptors (Lipinski definition) is 1. The molecular formula is C8H16N3+. The molecule has 3 nitrogen and oxygen atoms in total. The van der Waals surface area contributed by atoms with Crippen molar-refractivity contribution in [3.05, 3.63) is 17.0 Å². The van der Waals surface area contributed by atoms with Crippen LogP contribution in [0.4, 0.5) is 0 Å². The Morgan fingerprint density at radius 2 is 2.09 bits per heavy atom. The van der Waals surface area contributed by atoms with Gasteiger partial charge in [0.2, 0.25) is 0 Å². The fourth-order valence-electron chi connectivity index (χ4n) is 1.32. The molecule has 0 unspecified atom stereocenters. The third kappa shape index (κ3) is 1.43. The van der Waals surface area contributed by atoms with E-state index in [4.69, 9.17) is 0 Å². The van der Waals surface area contributed by atoms with E-state index in [-0.39, 0.29) is 0 Å². The van der Waals surface area contributed by atoms with Crippen LogP contribution in [0.15, 0.2) is 0 Å². The van der Waals surface area contributed by atoms with Crippen LogP contribution in [0.2, 0.25) is 0 Å². The third-order valence-corrected chi connectivity index (χ3v) is 2.07. The topological polar surface area (TPSA) is 34.4 Å². The summed E-state index contributed by atoms with van der Waals surface area (Å²) in [6.07, 6.45) is 0. The van der Waals surface area contributed by atoms with Gasteiger partial charge in [0.15, 0.2) is 0 Å². The molecule has 3 heteroatoms. The summed E-state index contributed by atoms with van der Waals surface area (Å²) in [5.41, 5.74) is 3.80. The molecular weight excluding hydrogens is 138 g/mol. The van der Waals surface area contributed by atoms with E-state index in [1.807, 2.05) is 11.7 Å². The van der Waals surface area contributed by atoms with E-state index >= 15 is 0 Å². The molecule has 11 heavy (non-hydrogen) atoms. The van der Waals surface area contributed by atoms with E-state index in [0.717, 1.165) is 12.2 Å². The first-order valence-electron chi connectivity index (χ1n) is 3.93. The second kappa shape index (κ2) is 3.05. The van der Waals surface area contributed by atoms with E-state index < -0.39 is 0 Å². The normalized spacial score (nSPS) is 10.5. The first kappa shape index (κ1) is 8.27. The molecule has 0 saturated heterocycles. The Kier molecular flexibility index (Phi) is 2.29. The lowest BCUT2D eigenvalue weighted by atomic mass is 10.2. The zero-order valence-corrected chi connectivity index (χ0v) is 7.68. The molecule has 0 aliphatic rings. The van der Waals surface area contributed by atoms with Crippen LogP contribution in [0, 0.1) is 13.8 Å². The fraction of sp³-hybridized carbons (Fsp3) is 0.625. The van der Waals surface area contributed by atoms with Gasteiger partial charge in [-0.05, 0) is 13.8 Å². The first-order valence-corrected chi connectivity index (χ1v) is 3.93. The van der Waals surface area contributed by atoms with Gasteiger partial charge >= 0.3 is 0 Å². The molecule has 0 radical (unpaired) electrons. The quantitative estimate of drug-likeness (QED) is 0.625. The van der Waals surface area contributed by atoms with Gasteiger partial charge < -0.3 is 5.32 Å². The Morgan fingerprint density at radius 1 is 1.45 bits per heavy atom. The summed E-state index contributed by atoms with van der Waals surface area (Å²) in [4.78, 5) is 0. The zero-order valence-electron chi connectivity index (χ0n) is 7.68. The maximum absolute atomic E-state index is 4.33. The highest BCUT2D eigenvalue weighted by Gasteiger charge is 2.08. The molecule has 0 spiro atoms. The number of nitrogens with zero attached hydrogens (tertiary/aromatic N) is 2. The van der Waals surface area contributed by atoms with Crippen molar-refractivity contribution in [3.8, 4) is 0 Å². The van der Waals surface area contributed by atoms with Crippen LogP contribution in [-0.4, -0.2) is 16.8 Å². The Morgan fingerprint density at radius 3 is 2.45 bits per heavy atom. The Bertz CT molecular complexity index is 250. The minimum Gasteiger partial charge on any atom is -0.345 e. The summed E-state index contributed by atoms with van der Waals surface area (Å²) < 4.78 is 1.94. The molecule has 0 fully saturated rings. The number of hydrogen-bond donors (Lipinski definition) is 1. The van der Waals surface area contributed by atoms with Crippen LogP contribution in [0.3, 0.4) is 0 Å². The van der Waals surface area contributed by atoms with E-state index in [0.29, 0.717) is 0 Å². The van der Waals surface area contributed by atoms with Crippen molar-refractivity contribution in [3.63, 3.8) is 0 Å². The summed E-state index contributed by atoms with van der Waals surface area (Å²) in [7, 11) is 4.06. The summed E-state index contributed by atoms with van der Waals surface area (Å²) in [5.74, 6) is 0. The number of aryl methyl sites for hydroxylation is 2. The molecule has 1 heterocycles. The Labute approximate surface area is 67.4 Å². The molecule has 0 amide bonds. The van der Waals surface area contributed by atoms with Crippen LogP contribution < -0.4 is 5.32 Å². The van der Waals surface area contributed by atoms with Crippen molar-refractivity contribution < 1.29 is 5.32 Å².